The van der Waals surface area contributed by atoms with E-state index in [0.717, 1.165) is 5.56 Å². The Kier molecular flexibility index (Phi) is 7.53. The minimum atomic E-state index is -1.36. The van der Waals surface area contributed by atoms with Crippen molar-refractivity contribution in [1.82, 2.24) is 5.32 Å². The van der Waals surface area contributed by atoms with Crippen LogP contribution in [0.3, 0.4) is 0 Å². The topological polar surface area (TPSA) is 114 Å². The van der Waals surface area contributed by atoms with Crippen molar-refractivity contribution in [3.8, 4) is 0 Å². The van der Waals surface area contributed by atoms with Crippen molar-refractivity contribution < 1.29 is 34.0 Å². The number of nitrogens with one attached hydrogen (secondary N) is 1. The van der Waals surface area contributed by atoms with Crippen molar-refractivity contribution in [1.29, 1.82) is 0 Å². The lowest BCUT2D eigenvalue weighted by Crippen LogP contribution is -2.65. The second kappa shape index (κ2) is 10.3. The highest BCUT2D eigenvalue weighted by Crippen LogP contribution is 2.26. The van der Waals surface area contributed by atoms with Crippen LogP contribution in [0.1, 0.15) is 22.8 Å². The average molecular weight is 415 g/mol. The number of rotatable bonds is 7. The van der Waals surface area contributed by atoms with Crippen molar-refractivity contribution in [3.05, 3.63) is 71.8 Å². The fourth-order valence-electron chi connectivity index (χ4n) is 3.26. The summed E-state index contributed by atoms with van der Waals surface area (Å²) in [5.74, 6) is -1.08. The van der Waals surface area contributed by atoms with Crippen molar-refractivity contribution in [2.45, 2.75) is 44.2 Å². The van der Waals surface area contributed by atoms with Crippen LogP contribution < -0.4 is 5.32 Å². The number of esters is 1. The molecule has 3 N–H and O–H groups in total. The van der Waals surface area contributed by atoms with Crippen LogP contribution in [-0.4, -0.2) is 59.3 Å². The van der Waals surface area contributed by atoms with E-state index in [0.29, 0.717) is 5.56 Å². The molecule has 0 aliphatic carbocycles. The monoisotopic (exact) mass is 415 g/mol. The maximum atomic E-state index is 12.6. The molecule has 8 nitrogen and oxygen atoms in total. The van der Waals surface area contributed by atoms with E-state index >= 15 is 0 Å². The zero-order chi connectivity index (χ0) is 21.5. The fourth-order valence-corrected chi connectivity index (χ4v) is 3.26. The molecule has 2 aromatic carbocycles. The van der Waals surface area contributed by atoms with E-state index in [1.807, 2.05) is 30.3 Å². The molecule has 0 spiro atoms. The molecule has 1 aliphatic rings. The van der Waals surface area contributed by atoms with Gasteiger partial charge in [0.05, 0.1) is 18.8 Å². The highest BCUT2D eigenvalue weighted by molar-refractivity contribution is 5.89. The molecule has 2 aromatic rings. The summed E-state index contributed by atoms with van der Waals surface area (Å²) in [7, 11) is 0. The van der Waals surface area contributed by atoms with Crippen LogP contribution in [0.4, 0.5) is 0 Å². The van der Waals surface area contributed by atoms with Crippen molar-refractivity contribution in [3.63, 3.8) is 0 Å². The number of carbonyl (C=O) groups is 2. The molecule has 30 heavy (non-hydrogen) atoms. The van der Waals surface area contributed by atoms with Gasteiger partial charge in [0.2, 0.25) is 5.91 Å². The van der Waals surface area contributed by atoms with E-state index < -0.39 is 49.1 Å². The van der Waals surface area contributed by atoms with E-state index in [2.05, 4.69) is 5.32 Å². The molecule has 0 radical (unpaired) electrons. The highest BCUT2D eigenvalue weighted by Gasteiger charge is 2.48. The van der Waals surface area contributed by atoms with Crippen LogP contribution in [-0.2, 0) is 25.6 Å². The molecular formula is C22H25NO7. The Morgan fingerprint density at radius 1 is 1.07 bits per heavy atom. The molecule has 0 saturated carbocycles. The molecule has 5 atom stereocenters. The van der Waals surface area contributed by atoms with Crippen LogP contribution in [0.25, 0.3) is 0 Å². The third-order valence-electron chi connectivity index (χ3n) is 4.73. The van der Waals surface area contributed by atoms with Crippen LogP contribution in [0.5, 0.6) is 0 Å². The summed E-state index contributed by atoms with van der Waals surface area (Å²) < 4.78 is 17.0. The van der Waals surface area contributed by atoms with Crippen molar-refractivity contribution in [2.75, 3.05) is 6.61 Å². The zero-order valence-corrected chi connectivity index (χ0v) is 16.5. The Morgan fingerprint density at radius 3 is 2.30 bits per heavy atom. The van der Waals surface area contributed by atoms with Gasteiger partial charge in [-0.2, -0.15) is 0 Å². The third kappa shape index (κ3) is 5.43. The number of aliphatic hydroxyl groups is 2. The minimum Gasteiger partial charge on any atom is -0.453 e. The van der Waals surface area contributed by atoms with E-state index in [1.165, 1.54) is 6.92 Å². The largest absolute Gasteiger partial charge is 0.453 e. The van der Waals surface area contributed by atoms with Gasteiger partial charge in [-0.15, -0.1) is 0 Å². The molecule has 1 fully saturated rings. The Bertz CT molecular complexity index is 830. The molecule has 1 heterocycles. The molecule has 3 rings (SSSR count). The summed E-state index contributed by atoms with van der Waals surface area (Å²) in [4.78, 5) is 24.4. The van der Waals surface area contributed by atoms with Gasteiger partial charge < -0.3 is 29.7 Å². The summed E-state index contributed by atoms with van der Waals surface area (Å²) in [6, 6.07) is 16.6. The Hall–Kier alpha value is -2.78. The van der Waals surface area contributed by atoms with Gasteiger partial charge in [-0.3, -0.25) is 4.79 Å². The standard InChI is InChI=1S/C22H25NO7/c1-14(25)23-18-20(30-21(27)16-10-6-3-7-11-16)19(26)17(12-24)29-22(18)28-13-15-8-4-2-5-9-15/h2-11,17-20,22,24,26H,12-13H2,1H3,(H,23,25)/t17-,18+,19+,20+,22-/m0/s1. The number of hydrogen-bond donors (Lipinski definition) is 3. The van der Waals surface area contributed by atoms with Crippen LogP contribution in [0, 0.1) is 0 Å². The first kappa shape index (κ1) is 21.9. The predicted octanol–water partition coefficient (Wildman–Crippen LogP) is 1.01. The first-order valence-corrected chi connectivity index (χ1v) is 9.62. The number of amides is 1. The summed E-state index contributed by atoms with van der Waals surface area (Å²) in [5.41, 5.74) is 1.16. The van der Waals surface area contributed by atoms with E-state index in [-0.39, 0.29) is 6.61 Å². The van der Waals surface area contributed by atoms with Gasteiger partial charge in [-0.1, -0.05) is 48.5 Å². The van der Waals surface area contributed by atoms with Crippen LogP contribution >= 0.6 is 0 Å². The lowest BCUT2D eigenvalue weighted by atomic mass is 9.96. The summed E-state index contributed by atoms with van der Waals surface area (Å²) in [6.07, 6.45) is -4.66. The van der Waals surface area contributed by atoms with Crippen LogP contribution in [0.2, 0.25) is 0 Å². The van der Waals surface area contributed by atoms with Crippen molar-refractivity contribution in [2.24, 2.45) is 0 Å². The molecule has 0 unspecified atom stereocenters. The van der Waals surface area contributed by atoms with Gasteiger partial charge in [0.25, 0.3) is 0 Å². The number of carbonyl (C=O) groups excluding carboxylic acids is 2. The Balaban J connectivity index is 1.82. The van der Waals surface area contributed by atoms with Gasteiger partial charge >= 0.3 is 5.97 Å². The summed E-state index contributed by atoms with van der Waals surface area (Å²) in [6.45, 7) is 0.947. The van der Waals surface area contributed by atoms with Gasteiger partial charge in [0, 0.05) is 6.92 Å². The maximum Gasteiger partial charge on any atom is 0.338 e. The second-order valence-corrected chi connectivity index (χ2v) is 6.97. The molecule has 1 amide bonds. The van der Waals surface area contributed by atoms with Gasteiger partial charge in [-0.05, 0) is 17.7 Å². The highest BCUT2D eigenvalue weighted by atomic mass is 16.7. The molecule has 160 valence electrons. The average Bonchev–Trinajstić information content (AvgIpc) is 2.76. The first-order valence-electron chi connectivity index (χ1n) is 9.62. The molecule has 1 aliphatic heterocycles. The molecule has 0 bridgehead atoms. The number of ether oxygens (including phenoxy) is 3. The van der Waals surface area contributed by atoms with Gasteiger partial charge in [0.15, 0.2) is 12.4 Å². The smallest absolute Gasteiger partial charge is 0.338 e. The lowest BCUT2D eigenvalue weighted by molar-refractivity contribution is -0.273. The SMILES string of the molecule is CC(=O)N[C@H]1[C@@H](OCc2ccccc2)O[C@@H](CO)[C@@H](O)[C@@H]1OC(=O)c1ccccc1. The minimum absolute atomic E-state index is 0.162. The fraction of sp³-hybridized carbons (Fsp3) is 0.364. The summed E-state index contributed by atoms with van der Waals surface area (Å²) in [5, 5.41) is 22.9. The number of aliphatic hydroxyl groups excluding tert-OH is 2. The normalized spacial score (nSPS) is 26.0. The van der Waals surface area contributed by atoms with E-state index in [1.54, 1.807) is 30.3 Å². The Labute approximate surface area is 174 Å². The van der Waals surface area contributed by atoms with E-state index in [4.69, 9.17) is 14.2 Å². The van der Waals surface area contributed by atoms with Gasteiger partial charge in [0.1, 0.15) is 18.2 Å². The molecular weight excluding hydrogens is 390 g/mol. The second-order valence-electron chi connectivity index (χ2n) is 6.97. The molecule has 8 heteroatoms. The van der Waals surface area contributed by atoms with E-state index in [9.17, 15) is 19.8 Å². The zero-order valence-electron chi connectivity index (χ0n) is 16.5. The van der Waals surface area contributed by atoms with Crippen LogP contribution in [0.15, 0.2) is 60.7 Å². The number of benzene rings is 2. The van der Waals surface area contributed by atoms with Gasteiger partial charge in [-0.25, -0.2) is 4.79 Å². The predicted molar refractivity (Wildman–Crippen MR) is 106 cm³/mol. The quantitative estimate of drug-likeness (QED) is 0.578. The molecule has 0 aromatic heterocycles. The Morgan fingerprint density at radius 2 is 1.70 bits per heavy atom. The summed E-state index contributed by atoms with van der Waals surface area (Å²) >= 11 is 0. The lowest BCUT2D eigenvalue weighted by Gasteiger charge is -2.43. The number of hydrogen-bond acceptors (Lipinski definition) is 7. The third-order valence-corrected chi connectivity index (χ3v) is 4.73. The first-order chi connectivity index (χ1) is 14.5. The molecule has 1 saturated heterocycles. The maximum absolute atomic E-state index is 12.6. The van der Waals surface area contributed by atoms with Crippen molar-refractivity contribution >= 4 is 11.9 Å².